The van der Waals surface area contributed by atoms with Crippen molar-refractivity contribution >= 4 is 22.6 Å². The number of nitrogens with zero attached hydrogens (tertiary/aromatic N) is 3. The zero-order valence-electron chi connectivity index (χ0n) is 11.3. The van der Waals surface area contributed by atoms with Crippen molar-refractivity contribution in [3.05, 3.63) is 45.0 Å². The smallest absolute Gasteiger partial charge is 0.138 e. The van der Waals surface area contributed by atoms with Crippen LogP contribution in [0.2, 0.25) is 0 Å². The maximum absolute atomic E-state index is 6.34. The summed E-state index contributed by atoms with van der Waals surface area (Å²) in [4.78, 5) is 4.32. The zero-order valence-corrected chi connectivity index (χ0v) is 13.5. The average Bonchev–Trinajstić information content (AvgIpc) is 2.80. The van der Waals surface area contributed by atoms with Gasteiger partial charge >= 0.3 is 0 Å². The monoisotopic (exact) mass is 370 g/mol. The summed E-state index contributed by atoms with van der Waals surface area (Å²) in [5.41, 5.74) is 8.79. The molecule has 1 aromatic heterocycles. The van der Waals surface area contributed by atoms with Crippen molar-refractivity contribution in [3.63, 3.8) is 0 Å². The molecule has 0 amide bonds. The highest BCUT2D eigenvalue weighted by Gasteiger charge is 2.15. The summed E-state index contributed by atoms with van der Waals surface area (Å²) in [7, 11) is 0. The van der Waals surface area contributed by atoms with Gasteiger partial charge < -0.3 is 5.73 Å². The number of hydrogen-bond donors (Lipinski definition) is 1. The van der Waals surface area contributed by atoms with Crippen molar-refractivity contribution < 1.29 is 0 Å². The molecule has 4 nitrogen and oxygen atoms in total. The third-order valence-electron chi connectivity index (χ3n) is 3.15. The first kappa shape index (κ1) is 14.5. The molecular formula is C14H19IN4. The van der Waals surface area contributed by atoms with Crippen LogP contribution >= 0.6 is 22.6 Å². The molecule has 102 valence electrons. The molecule has 0 aliphatic carbocycles. The van der Waals surface area contributed by atoms with Crippen LogP contribution in [0.1, 0.15) is 36.3 Å². The second-order valence-corrected chi connectivity index (χ2v) is 5.77. The molecule has 2 N–H and O–H groups in total. The number of benzene rings is 1. The highest BCUT2D eigenvalue weighted by Crippen LogP contribution is 2.23. The minimum Gasteiger partial charge on any atom is -0.324 e. The molecule has 0 saturated carbocycles. The third kappa shape index (κ3) is 3.33. The normalized spacial score (nSPS) is 12.6. The molecule has 0 aliphatic heterocycles. The first-order valence-corrected chi connectivity index (χ1v) is 7.58. The predicted molar refractivity (Wildman–Crippen MR) is 84.8 cm³/mol. The summed E-state index contributed by atoms with van der Waals surface area (Å²) in [6.07, 6.45) is 3.38. The molecule has 1 unspecified atom stereocenters. The molecule has 2 aromatic rings. The van der Waals surface area contributed by atoms with Crippen molar-refractivity contribution in [1.29, 1.82) is 0 Å². The van der Waals surface area contributed by atoms with Gasteiger partial charge in [0.2, 0.25) is 0 Å². The molecule has 0 saturated heterocycles. The topological polar surface area (TPSA) is 56.7 Å². The van der Waals surface area contributed by atoms with Crippen LogP contribution in [0.25, 0.3) is 0 Å². The van der Waals surface area contributed by atoms with Crippen molar-refractivity contribution in [2.45, 2.75) is 39.3 Å². The Hall–Kier alpha value is -0.950. The fourth-order valence-electron chi connectivity index (χ4n) is 2.11. The van der Waals surface area contributed by atoms with E-state index in [1.54, 1.807) is 6.33 Å². The Morgan fingerprint density at radius 1 is 1.42 bits per heavy atom. The SMILES string of the molecule is CCCn1ncnc1CC(N)c1cccc(C)c1I. The minimum atomic E-state index is -0.0355. The van der Waals surface area contributed by atoms with E-state index in [4.69, 9.17) is 5.73 Å². The standard InChI is InChI=1S/C14H19IN4/c1-3-7-19-13(17-9-18-19)8-12(16)11-6-4-5-10(2)14(11)15/h4-6,9,12H,3,7-8,16H2,1-2H3. The van der Waals surface area contributed by atoms with Crippen molar-refractivity contribution in [3.8, 4) is 0 Å². The van der Waals surface area contributed by atoms with Crippen LogP contribution in [0.5, 0.6) is 0 Å². The zero-order chi connectivity index (χ0) is 13.8. The molecule has 1 aromatic carbocycles. The van der Waals surface area contributed by atoms with Crippen molar-refractivity contribution in [2.75, 3.05) is 0 Å². The number of hydrogen-bond acceptors (Lipinski definition) is 3. The molecular weight excluding hydrogens is 351 g/mol. The number of nitrogens with two attached hydrogens (primary N) is 1. The van der Waals surface area contributed by atoms with E-state index >= 15 is 0 Å². The van der Waals surface area contributed by atoms with Crippen LogP contribution in [0, 0.1) is 10.5 Å². The van der Waals surface area contributed by atoms with E-state index in [-0.39, 0.29) is 6.04 Å². The van der Waals surface area contributed by atoms with E-state index in [0.29, 0.717) is 0 Å². The summed E-state index contributed by atoms with van der Waals surface area (Å²) in [5, 5.41) is 4.24. The lowest BCUT2D eigenvalue weighted by atomic mass is 10.0. The maximum Gasteiger partial charge on any atom is 0.138 e. The predicted octanol–water partition coefficient (Wildman–Crippen LogP) is 2.84. The second-order valence-electron chi connectivity index (χ2n) is 4.69. The summed E-state index contributed by atoms with van der Waals surface area (Å²) < 4.78 is 3.19. The molecule has 19 heavy (non-hydrogen) atoms. The van der Waals surface area contributed by atoms with Gasteiger partial charge in [0.1, 0.15) is 12.2 Å². The first-order valence-electron chi connectivity index (χ1n) is 6.50. The fraction of sp³-hybridized carbons (Fsp3) is 0.429. The second kappa shape index (κ2) is 6.47. The third-order valence-corrected chi connectivity index (χ3v) is 4.63. The lowest BCUT2D eigenvalue weighted by Gasteiger charge is -2.15. The largest absolute Gasteiger partial charge is 0.324 e. The quantitative estimate of drug-likeness (QED) is 0.824. The Balaban J connectivity index is 2.18. The van der Waals surface area contributed by atoms with E-state index in [9.17, 15) is 0 Å². The molecule has 0 radical (unpaired) electrons. The van der Waals surface area contributed by atoms with Crippen molar-refractivity contribution in [1.82, 2.24) is 14.8 Å². The first-order chi connectivity index (χ1) is 9.13. The molecule has 0 fully saturated rings. The van der Waals surface area contributed by atoms with E-state index in [1.807, 2.05) is 4.68 Å². The van der Waals surface area contributed by atoms with Gasteiger partial charge in [-0.3, -0.25) is 4.68 Å². The maximum atomic E-state index is 6.34. The minimum absolute atomic E-state index is 0.0355. The molecule has 0 aliphatic rings. The van der Waals surface area contributed by atoms with E-state index < -0.39 is 0 Å². The van der Waals surface area contributed by atoms with Gasteiger partial charge in [0, 0.05) is 22.6 Å². The number of rotatable bonds is 5. The van der Waals surface area contributed by atoms with Crippen LogP contribution in [-0.4, -0.2) is 14.8 Å². The molecule has 5 heteroatoms. The highest BCUT2D eigenvalue weighted by atomic mass is 127. The average molecular weight is 370 g/mol. The summed E-state index contributed by atoms with van der Waals surface area (Å²) >= 11 is 2.36. The molecule has 2 rings (SSSR count). The van der Waals surface area contributed by atoms with Crippen LogP contribution in [0.3, 0.4) is 0 Å². The highest BCUT2D eigenvalue weighted by molar-refractivity contribution is 14.1. The van der Waals surface area contributed by atoms with Crippen molar-refractivity contribution in [2.24, 2.45) is 5.73 Å². The van der Waals surface area contributed by atoms with Gasteiger partial charge in [0.15, 0.2) is 0 Å². The lowest BCUT2D eigenvalue weighted by Crippen LogP contribution is -2.18. The molecule has 0 spiro atoms. The van der Waals surface area contributed by atoms with E-state index in [2.05, 4.69) is 64.7 Å². The van der Waals surface area contributed by atoms with E-state index in [0.717, 1.165) is 25.2 Å². The number of aryl methyl sites for hydroxylation is 2. The van der Waals surface area contributed by atoms with Gasteiger partial charge in [-0.2, -0.15) is 5.10 Å². The van der Waals surface area contributed by atoms with Gasteiger partial charge in [0.05, 0.1) is 0 Å². The van der Waals surface area contributed by atoms with Crippen LogP contribution in [-0.2, 0) is 13.0 Å². The molecule has 1 heterocycles. The Morgan fingerprint density at radius 3 is 2.95 bits per heavy atom. The Bertz CT molecular complexity index is 550. The Labute approximate surface area is 127 Å². The number of aromatic nitrogens is 3. The molecule has 1 atom stereocenters. The lowest BCUT2D eigenvalue weighted by molar-refractivity contribution is 0.547. The van der Waals surface area contributed by atoms with Crippen LogP contribution < -0.4 is 5.73 Å². The van der Waals surface area contributed by atoms with Crippen LogP contribution in [0.15, 0.2) is 24.5 Å². The summed E-state index contributed by atoms with van der Waals surface area (Å²) in [5.74, 6) is 0.964. The van der Waals surface area contributed by atoms with E-state index in [1.165, 1.54) is 14.7 Å². The van der Waals surface area contributed by atoms with Gasteiger partial charge in [-0.15, -0.1) is 0 Å². The molecule has 0 bridgehead atoms. The van der Waals surface area contributed by atoms with Gasteiger partial charge in [-0.1, -0.05) is 25.1 Å². The van der Waals surface area contributed by atoms with Gasteiger partial charge in [-0.25, -0.2) is 4.98 Å². The van der Waals surface area contributed by atoms with Gasteiger partial charge in [0.25, 0.3) is 0 Å². The fourth-order valence-corrected chi connectivity index (χ4v) is 2.87. The summed E-state index contributed by atoms with van der Waals surface area (Å²) in [6, 6.07) is 6.23. The van der Waals surface area contributed by atoms with Gasteiger partial charge in [-0.05, 0) is 47.1 Å². The van der Waals surface area contributed by atoms with Crippen LogP contribution in [0.4, 0.5) is 0 Å². The Morgan fingerprint density at radius 2 is 2.21 bits per heavy atom. The number of halogens is 1. The Kier molecular flexibility index (Phi) is 4.93. The summed E-state index contributed by atoms with van der Waals surface area (Å²) in [6.45, 7) is 5.14.